The van der Waals surface area contributed by atoms with E-state index in [1.165, 1.54) is 69.2 Å². The minimum atomic E-state index is 0.986. The predicted molar refractivity (Wildman–Crippen MR) is 186 cm³/mol. The predicted octanol–water partition coefficient (Wildman–Crippen LogP) is 11.9. The van der Waals surface area contributed by atoms with Crippen molar-refractivity contribution in [3.63, 3.8) is 0 Å². The van der Waals surface area contributed by atoms with Crippen LogP contribution in [0, 0.1) is 0 Å². The van der Waals surface area contributed by atoms with Crippen LogP contribution in [0.4, 0.5) is 0 Å². The molecule has 2 heteroatoms. The van der Waals surface area contributed by atoms with Gasteiger partial charge in [0.2, 0.25) is 0 Å². The summed E-state index contributed by atoms with van der Waals surface area (Å²) in [6.45, 7) is 0. The van der Waals surface area contributed by atoms with Gasteiger partial charge in [-0.25, -0.2) is 0 Å². The van der Waals surface area contributed by atoms with E-state index < -0.39 is 0 Å². The largest absolute Gasteiger partial charge is 0.256 e. The first kappa shape index (κ1) is 24.3. The molecule has 1 nitrogen and oxygen atoms in total. The molecule has 7 aromatic carbocycles. The summed E-state index contributed by atoms with van der Waals surface area (Å²) >= 11 is 1.86. The molecule has 0 bridgehead atoms. The van der Waals surface area contributed by atoms with Crippen molar-refractivity contribution in [3.05, 3.63) is 152 Å². The molecule has 0 spiro atoms. The molecule has 0 atom stereocenters. The second-order valence-corrected chi connectivity index (χ2v) is 12.2. The highest BCUT2D eigenvalue weighted by Gasteiger charge is 2.17. The third kappa shape index (κ3) is 3.88. The van der Waals surface area contributed by atoms with E-state index >= 15 is 0 Å². The third-order valence-electron chi connectivity index (χ3n) is 8.68. The Hall–Kier alpha value is -5.31. The summed E-state index contributed by atoms with van der Waals surface area (Å²) in [5.41, 5.74) is 7.00. The lowest BCUT2D eigenvalue weighted by molar-refractivity contribution is 1.33. The molecule has 43 heavy (non-hydrogen) atoms. The third-order valence-corrected chi connectivity index (χ3v) is 9.81. The maximum absolute atomic E-state index is 5.04. The van der Waals surface area contributed by atoms with Crippen LogP contribution in [0.1, 0.15) is 0 Å². The van der Waals surface area contributed by atoms with Crippen molar-refractivity contribution in [1.29, 1.82) is 0 Å². The Morgan fingerprint density at radius 3 is 1.58 bits per heavy atom. The van der Waals surface area contributed by atoms with E-state index in [0.29, 0.717) is 0 Å². The van der Waals surface area contributed by atoms with Crippen LogP contribution in [-0.4, -0.2) is 4.98 Å². The average Bonchev–Trinajstić information content (AvgIpc) is 3.43. The standard InChI is InChI=1S/C41H25NS/c1-2-10-26(11-3-1)40-31-14-6-8-16-33(31)41(34-17-9-7-15-32(34)40)30-18-20-37(42-25-30)29-19-21-38-35(23-29)36-22-27-12-4-5-13-28(27)24-39(36)43-38/h1-25H. The first-order valence-corrected chi connectivity index (χ1v) is 15.4. The van der Waals surface area contributed by atoms with Crippen LogP contribution in [0.15, 0.2) is 152 Å². The maximum atomic E-state index is 5.04. The van der Waals surface area contributed by atoms with Gasteiger partial charge in [-0.3, -0.25) is 4.98 Å². The summed E-state index contributed by atoms with van der Waals surface area (Å²) in [6, 6.07) is 52.7. The van der Waals surface area contributed by atoms with Gasteiger partial charge in [0.1, 0.15) is 0 Å². The summed E-state index contributed by atoms with van der Waals surface area (Å²) in [6.07, 6.45) is 2.05. The van der Waals surface area contributed by atoms with Gasteiger partial charge in [0.05, 0.1) is 5.69 Å². The lowest BCUT2D eigenvalue weighted by Crippen LogP contribution is -1.91. The summed E-state index contributed by atoms with van der Waals surface area (Å²) in [7, 11) is 0. The van der Waals surface area contributed by atoms with Crippen molar-refractivity contribution in [3.8, 4) is 33.5 Å². The molecule has 2 aromatic heterocycles. The Kier molecular flexibility index (Phi) is 5.44. The van der Waals surface area contributed by atoms with Crippen LogP contribution in [0.2, 0.25) is 0 Å². The summed E-state index contributed by atoms with van der Waals surface area (Å²) in [5.74, 6) is 0. The summed E-state index contributed by atoms with van der Waals surface area (Å²) in [5, 5.41) is 10.2. The number of benzene rings is 7. The van der Waals surface area contributed by atoms with Crippen molar-refractivity contribution in [2.24, 2.45) is 0 Å². The Balaban J connectivity index is 1.20. The van der Waals surface area contributed by atoms with E-state index in [0.717, 1.165) is 16.8 Å². The number of thiophene rings is 1. The fourth-order valence-corrected chi connectivity index (χ4v) is 7.81. The number of aromatic nitrogens is 1. The molecule has 0 N–H and O–H groups in total. The first-order valence-electron chi connectivity index (χ1n) is 14.6. The van der Waals surface area contributed by atoms with Gasteiger partial charge in [-0.05, 0) is 79.3 Å². The van der Waals surface area contributed by atoms with Gasteiger partial charge in [-0.2, -0.15) is 0 Å². The monoisotopic (exact) mass is 563 g/mol. The van der Waals surface area contributed by atoms with E-state index in [4.69, 9.17) is 4.98 Å². The van der Waals surface area contributed by atoms with E-state index in [2.05, 4.69) is 152 Å². The Morgan fingerprint density at radius 1 is 0.372 bits per heavy atom. The lowest BCUT2D eigenvalue weighted by Gasteiger charge is -2.17. The minimum Gasteiger partial charge on any atom is -0.256 e. The molecule has 0 aliphatic rings. The van der Waals surface area contributed by atoms with Crippen molar-refractivity contribution in [2.45, 2.75) is 0 Å². The molecule has 0 saturated carbocycles. The Morgan fingerprint density at radius 2 is 0.930 bits per heavy atom. The van der Waals surface area contributed by atoms with Gasteiger partial charge in [0.15, 0.2) is 0 Å². The normalized spacial score (nSPS) is 11.7. The number of rotatable bonds is 3. The van der Waals surface area contributed by atoms with Gasteiger partial charge in [0, 0.05) is 37.5 Å². The number of pyridine rings is 1. The molecule has 9 rings (SSSR count). The zero-order valence-corrected chi connectivity index (χ0v) is 24.1. The van der Waals surface area contributed by atoms with Crippen LogP contribution in [0.3, 0.4) is 0 Å². The molecule has 0 fully saturated rings. The average molecular weight is 564 g/mol. The molecule has 2 heterocycles. The van der Waals surface area contributed by atoms with Gasteiger partial charge in [-0.15, -0.1) is 11.3 Å². The van der Waals surface area contributed by atoms with Crippen LogP contribution in [0.25, 0.3) is 86.0 Å². The maximum Gasteiger partial charge on any atom is 0.0702 e. The van der Waals surface area contributed by atoms with Gasteiger partial charge in [-0.1, -0.05) is 115 Å². The topological polar surface area (TPSA) is 12.9 Å². The highest BCUT2D eigenvalue weighted by atomic mass is 32.1. The molecular weight excluding hydrogens is 539 g/mol. The Labute approximate surface area is 253 Å². The summed E-state index contributed by atoms with van der Waals surface area (Å²) < 4.78 is 2.63. The quantitative estimate of drug-likeness (QED) is 0.195. The number of hydrogen-bond donors (Lipinski definition) is 0. The van der Waals surface area contributed by atoms with Crippen molar-refractivity contribution in [2.75, 3.05) is 0 Å². The molecule has 0 aliphatic heterocycles. The molecule has 0 radical (unpaired) electrons. The van der Waals surface area contributed by atoms with Gasteiger partial charge in [0.25, 0.3) is 0 Å². The van der Waals surface area contributed by atoms with Crippen LogP contribution in [0.5, 0.6) is 0 Å². The smallest absolute Gasteiger partial charge is 0.0702 e. The fourth-order valence-electron chi connectivity index (χ4n) is 6.69. The second-order valence-electron chi connectivity index (χ2n) is 11.1. The number of fused-ring (bicyclic) bond motifs is 6. The van der Waals surface area contributed by atoms with Crippen molar-refractivity contribution in [1.82, 2.24) is 4.98 Å². The van der Waals surface area contributed by atoms with Crippen molar-refractivity contribution < 1.29 is 0 Å². The van der Waals surface area contributed by atoms with Gasteiger partial charge >= 0.3 is 0 Å². The molecule has 200 valence electrons. The zero-order valence-electron chi connectivity index (χ0n) is 23.3. The fraction of sp³-hybridized carbons (Fsp3) is 0. The second kappa shape index (κ2) is 9.62. The summed E-state index contributed by atoms with van der Waals surface area (Å²) in [4.78, 5) is 5.04. The molecule has 0 unspecified atom stereocenters. The van der Waals surface area contributed by atoms with Crippen molar-refractivity contribution >= 4 is 63.8 Å². The zero-order chi connectivity index (χ0) is 28.3. The molecular formula is C41H25NS. The Bertz CT molecular complexity index is 2430. The highest BCUT2D eigenvalue weighted by Crippen LogP contribution is 2.44. The molecule has 0 amide bonds. The number of nitrogens with zero attached hydrogens (tertiary/aromatic N) is 1. The van der Waals surface area contributed by atoms with Crippen LogP contribution < -0.4 is 0 Å². The van der Waals surface area contributed by atoms with E-state index in [1.807, 2.05) is 11.3 Å². The lowest BCUT2D eigenvalue weighted by atomic mass is 9.86. The van der Waals surface area contributed by atoms with E-state index in [1.54, 1.807) is 0 Å². The van der Waals surface area contributed by atoms with E-state index in [9.17, 15) is 0 Å². The molecule has 0 aliphatic carbocycles. The van der Waals surface area contributed by atoms with E-state index in [-0.39, 0.29) is 0 Å². The highest BCUT2D eigenvalue weighted by molar-refractivity contribution is 7.25. The number of hydrogen-bond acceptors (Lipinski definition) is 2. The molecule has 0 saturated heterocycles. The van der Waals surface area contributed by atoms with Crippen LogP contribution >= 0.6 is 11.3 Å². The first-order chi connectivity index (χ1) is 21.3. The molecule has 9 aromatic rings. The van der Waals surface area contributed by atoms with Gasteiger partial charge < -0.3 is 0 Å². The minimum absolute atomic E-state index is 0.986. The SMILES string of the molecule is c1ccc(-c2c3ccccc3c(-c3ccc(-c4ccc5sc6cc7ccccc7cc6c5c4)nc3)c3ccccc23)cc1. The van der Waals surface area contributed by atoms with Crippen LogP contribution in [-0.2, 0) is 0 Å².